The summed E-state index contributed by atoms with van der Waals surface area (Å²) in [5, 5.41) is 0.575. The third-order valence-corrected chi connectivity index (χ3v) is 2.97. The number of hydrogen-bond donors (Lipinski definition) is 0. The molecular weight excluding hydrogens is 266 g/mol. The number of rotatable bonds is 9. The van der Waals surface area contributed by atoms with Crippen molar-refractivity contribution in [2.24, 2.45) is 0 Å². The van der Waals surface area contributed by atoms with Crippen LogP contribution in [0.25, 0.3) is 0 Å². The molecule has 0 aromatic heterocycles. The molecule has 0 aliphatic carbocycles. The molecule has 0 N–H and O–H groups in total. The van der Waals surface area contributed by atoms with Gasteiger partial charge in [0.05, 0.1) is 19.8 Å². The van der Waals surface area contributed by atoms with Gasteiger partial charge in [0.1, 0.15) is 0 Å². The quantitative estimate of drug-likeness (QED) is 0.652. The molecule has 0 aliphatic heterocycles. The second kappa shape index (κ2) is 9.04. The second-order valence-electron chi connectivity index (χ2n) is 4.20. The predicted octanol–water partition coefficient (Wildman–Crippen LogP) is 2.12. The topological polar surface area (TPSA) is 38.8 Å². The molecule has 5 heteroatoms. The Kier molecular flexibility index (Phi) is 7.67. The lowest BCUT2D eigenvalue weighted by Gasteiger charge is -2.20. The van der Waals surface area contributed by atoms with Crippen LogP contribution in [-0.4, -0.2) is 57.8 Å². The Balaban J connectivity index is 2.58. The summed E-state index contributed by atoms with van der Waals surface area (Å²) in [7, 11) is 3.29. The highest BCUT2D eigenvalue weighted by Gasteiger charge is 2.12. The number of carbonyl (C=O) groups is 1. The lowest BCUT2D eigenvalue weighted by atomic mass is 10.1. The molecule has 0 aliphatic rings. The van der Waals surface area contributed by atoms with Gasteiger partial charge in [-0.25, -0.2) is 0 Å². The first-order chi connectivity index (χ1) is 9.17. The summed E-state index contributed by atoms with van der Waals surface area (Å²) >= 11 is 5.89. The molecule has 0 bridgehead atoms. The lowest BCUT2D eigenvalue weighted by molar-refractivity contribution is 0.0837. The van der Waals surface area contributed by atoms with Crippen LogP contribution in [0.2, 0.25) is 5.02 Å². The normalized spacial score (nSPS) is 10.9. The summed E-state index contributed by atoms with van der Waals surface area (Å²) in [5.41, 5.74) is 0.632. The van der Waals surface area contributed by atoms with Crippen molar-refractivity contribution >= 4 is 17.4 Å². The van der Waals surface area contributed by atoms with Gasteiger partial charge in [0, 0.05) is 37.9 Å². The minimum Gasteiger partial charge on any atom is -0.383 e. The van der Waals surface area contributed by atoms with Gasteiger partial charge in [-0.3, -0.25) is 9.69 Å². The Hall–Kier alpha value is -0.940. The van der Waals surface area contributed by atoms with Gasteiger partial charge >= 0.3 is 0 Å². The zero-order valence-corrected chi connectivity index (χ0v) is 12.2. The van der Waals surface area contributed by atoms with Crippen molar-refractivity contribution in [1.29, 1.82) is 0 Å². The summed E-state index contributed by atoms with van der Waals surface area (Å²) in [5.74, 6) is 0.0507. The maximum atomic E-state index is 12.2. The van der Waals surface area contributed by atoms with E-state index >= 15 is 0 Å². The van der Waals surface area contributed by atoms with Crippen molar-refractivity contribution in [3.05, 3.63) is 34.9 Å². The van der Waals surface area contributed by atoms with Crippen LogP contribution < -0.4 is 0 Å². The van der Waals surface area contributed by atoms with Crippen LogP contribution >= 0.6 is 11.6 Å². The highest BCUT2D eigenvalue weighted by molar-refractivity contribution is 6.31. The van der Waals surface area contributed by atoms with Crippen LogP contribution in [0, 0.1) is 0 Å². The maximum absolute atomic E-state index is 12.2. The largest absolute Gasteiger partial charge is 0.383 e. The fourth-order valence-electron chi connectivity index (χ4n) is 1.67. The van der Waals surface area contributed by atoms with E-state index < -0.39 is 0 Å². The first kappa shape index (κ1) is 16.1. The van der Waals surface area contributed by atoms with Crippen LogP contribution in [-0.2, 0) is 9.47 Å². The van der Waals surface area contributed by atoms with Gasteiger partial charge in [-0.15, -0.1) is 0 Å². The third kappa shape index (κ3) is 6.16. The van der Waals surface area contributed by atoms with Crippen LogP contribution in [0.4, 0.5) is 0 Å². The smallest absolute Gasteiger partial charge is 0.176 e. The Morgan fingerprint density at radius 3 is 2.37 bits per heavy atom. The molecule has 106 valence electrons. The number of benzene rings is 1. The first-order valence-electron chi connectivity index (χ1n) is 6.16. The summed E-state index contributed by atoms with van der Waals surface area (Å²) in [6, 6.07) is 7.00. The second-order valence-corrected chi connectivity index (χ2v) is 4.63. The van der Waals surface area contributed by atoms with Crippen molar-refractivity contribution < 1.29 is 14.3 Å². The van der Waals surface area contributed by atoms with Crippen LogP contribution in [0.3, 0.4) is 0 Å². The Bertz CT molecular complexity index is 390. The Morgan fingerprint density at radius 1 is 1.21 bits per heavy atom. The summed E-state index contributed by atoms with van der Waals surface area (Å²) < 4.78 is 10.1. The monoisotopic (exact) mass is 285 g/mol. The molecule has 1 rings (SSSR count). The van der Waals surface area contributed by atoms with E-state index in [1.54, 1.807) is 38.5 Å². The van der Waals surface area contributed by atoms with E-state index in [1.165, 1.54) is 0 Å². The van der Waals surface area contributed by atoms with Crippen molar-refractivity contribution in [2.45, 2.75) is 0 Å². The average Bonchev–Trinajstić information content (AvgIpc) is 2.41. The fraction of sp³-hybridized carbons (Fsp3) is 0.500. The number of hydrogen-bond acceptors (Lipinski definition) is 4. The summed E-state index contributed by atoms with van der Waals surface area (Å²) in [6.07, 6.45) is 0. The van der Waals surface area contributed by atoms with Gasteiger partial charge in [0.15, 0.2) is 5.78 Å². The molecule has 0 spiro atoms. The van der Waals surface area contributed by atoms with Crippen molar-refractivity contribution in [3.8, 4) is 0 Å². The Labute approximate surface area is 119 Å². The number of methoxy groups -OCH3 is 2. The highest BCUT2D eigenvalue weighted by Crippen LogP contribution is 2.11. The molecule has 0 unspecified atom stereocenters. The number of ether oxygens (including phenoxy) is 2. The fourth-order valence-corrected chi connectivity index (χ4v) is 1.86. The van der Waals surface area contributed by atoms with Crippen molar-refractivity contribution in [1.82, 2.24) is 4.90 Å². The van der Waals surface area contributed by atoms with Gasteiger partial charge in [-0.1, -0.05) is 23.7 Å². The molecule has 19 heavy (non-hydrogen) atoms. The number of Topliss-reactive ketones (excluding diaryl/α,β-unsaturated/α-hetero) is 1. The third-order valence-electron chi connectivity index (χ3n) is 2.74. The molecule has 4 nitrogen and oxygen atoms in total. The zero-order chi connectivity index (χ0) is 14.1. The number of halogens is 1. The van der Waals surface area contributed by atoms with Gasteiger partial charge in [0.2, 0.25) is 0 Å². The van der Waals surface area contributed by atoms with Crippen LogP contribution in [0.5, 0.6) is 0 Å². The minimum absolute atomic E-state index is 0.0507. The average molecular weight is 286 g/mol. The highest BCUT2D eigenvalue weighted by atomic mass is 35.5. The molecule has 0 atom stereocenters. The van der Waals surface area contributed by atoms with Gasteiger partial charge in [-0.2, -0.15) is 0 Å². The molecule has 0 radical (unpaired) electrons. The molecule has 1 aromatic rings. The first-order valence-corrected chi connectivity index (χ1v) is 6.54. The molecule has 0 heterocycles. The Morgan fingerprint density at radius 2 is 1.84 bits per heavy atom. The molecule has 0 fully saturated rings. The zero-order valence-electron chi connectivity index (χ0n) is 11.4. The summed E-state index contributed by atoms with van der Waals surface area (Å²) in [6.45, 7) is 2.92. The van der Waals surface area contributed by atoms with E-state index in [4.69, 9.17) is 21.1 Å². The lowest BCUT2D eigenvalue weighted by Crippen LogP contribution is -2.35. The van der Waals surface area contributed by atoms with Gasteiger partial charge in [-0.05, 0) is 12.1 Å². The van der Waals surface area contributed by atoms with Crippen LogP contribution in [0.15, 0.2) is 24.3 Å². The van der Waals surface area contributed by atoms with E-state index in [0.717, 1.165) is 0 Å². The van der Waals surface area contributed by atoms with Crippen LogP contribution in [0.1, 0.15) is 10.4 Å². The van der Waals surface area contributed by atoms with Gasteiger partial charge in [0.25, 0.3) is 0 Å². The van der Waals surface area contributed by atoms with E-state index in [1.807, 2.05) is 4.90 Å². The van der Waals surface area contributed by atoms with E-state index in [9.17, 15) is 4.79 Å². The molecule has 1 aromatic carbocycles. The van der Waals surface area contributed by atoms with Gasteiger partial charge < -0.3 is 9.47 Å². The van der Waals surface area contributed by atoms with E-state index in [-0.39, 0.29) is 5.78 Å². The number of carbonyl (C=O) groups excluding carboxylic acids is 1. The van der Waals surface area contributed by atoms with E-state index in [2.05, 4.69) is 0 Å². The standard InChI is InChI=1S/C14H20ClNO3/c1-18-8-6-16(7-9-19-2)11-14(17)12-4-3-5-13(15)10-12/h3-5,10H,6-9,11H2,1-2H3. The van der Waals surface area contributed by atoms with Crippen molar-refractivity contribution in [2.75, 3.05) is 47.1 Å². The number of nitrogens with zero attached hydrogens (tertiary/aromatic N) is 1. The molecule has 0 amide bonds. The molecule has 0 saturated heterocycles. The summed E-state index contributed by atoms with van der Waals surface area (Å²) in [4.78, 5) is 14.2. The predicted molar refractivity (Wildman–Crippen MR) is 76.0 cm³/mol. The van der Waals surface area contributed by atoms with Crippen molar-refractivity contribution in [3.63, 3.8) is 0 Å². The number of ketones is 1. The van der Waals surface area contributed by atoms with E-state index in [0.29, 0.717) is 43.4 Å². The SMILES string of the molecule is COCCN(CCOC)CC(=O)c1cccc(Cl)c1. The molecule has 0 saturated carbocycles. The minimum atomic E-state index is 0.0507. The molecular formula is C14H20ClNO3. The maximum Gasteiger partial charge on any atom is 0.176 e.